The minimum Gasteiger partial charge on any atom is -0.330 e. The molecular formula is C21H20ClN5O. The first-order valence-electron chi connectivity index (χ1n) is 9.19. The van der Waals surface area contributed by atoms with E-state index >= 15 is 0 Å². The van der Waals surface area contributed by atoms with Crippen molar-refractivity contribution in [1.29, 1.82) is 0 Å². The van der Waals surface area contributed by atoms with Gasteiger partial charge in [0.25, 0.3) is 5.91 Å². The molecule has 0 spiro atoms. The average Bonchev–Trinajstić information content (AvgIpc) is 3.20. The molecule has 28 heavy (non-hydrogen) atoms. The van der Waals surface area contributed by atoms with Crippen molar-refractivity contribution in [2.75, 3.05) is 11.9 Å². The molecule has 0 aliphatic carbocycles. The number of likely N-dealkylation sites (tertiary alicyclic amines) is 1. The summed E-state index contributed by atoms with van der Waals surface area (Å²) in [4.78, 5) is 28.1. The Bertz CT molecular complexity index is 975. The van der Waals surface area contributed by atoms with Crippen LogP contribution in [0, 0.1) is 6.92 Å². The Hall–Kier alpha value is -2.99. The average molecular weight is 394 g/mol. The fourth-order valence-corrected chi connectivity index (χ4v) is 3.48. The van der Waals surface area contributed by atoms with Gasteiger partial charge >= 0.3 is 0 Å². The van der Waals surface area contributed by atoms with E-state index in [-0.39, 0.29) is 11.9 Å². The van der Waals surface area contributed by atoms with Crippen LogP contribution < -0.4 is 5.32 Å². The molecule has 1 aliphatic rings. The second-order valence-corrected chi connectivity index (χ2v) is 7.25. The molecule has 0 unspecified atom stereocenters. The number of carbonyl (C=O) groups excluding carboxylic acids is 1. The first-order valence-corrected chi connectivity index (χ1v) is 9.57. The third kappa shape index (κ3) is 3.97. The van der Waals surface area contributed by atoms with Crippen LogP contribution in [-0.4, -0.2) is 32.3 Å². The molecule has 1 aliphatic heterocycles. The van der Waals surface area contributed by atoms with Crippen LogP contribution in [0.15, 0.2) is 54.9 Å². The predicted molar refractivity (Wildman–Crippen MR) is 109 cm³/mol. The summed E-state index contributed by atoms with van der Waals surface area (Å²) in [6.45, 7) is 2.69. The van der Waals surface area contributed by atoms with Gasteiger partial charge < -0.3 is 10.2 Å². The molecule has 0 radical (unpaired) electrons. The maximum absolute atomic E-state index is 13.0. The molecule has 3 aromatic rings. The van der Waals surface area contributed by atoms with Gasteiger partial charge in [-0.2, -0.15) is 0 Å². The summed E-state index contributed by atoms with van der Waals surface area (Å²) < 4.78 is 0. The van der Waals surface area contributed by atoms with Crippen LogP contribution in [0.5, 0.6) is 0 Å². The Kier molecular flexibility index (Phi) is 5.21. The van der Waals surface area contributed by atoms with Crippen LogP contribution in [0.1, 0.15) is 40.5 Å². The maximum atomic E-state index is 13.0. The molecule has 3 heterocycles. The van der Waals surface area contributed by atoms with Crippen LogP contribution in [0.25, 0.3) is 0 Å². The second kappa shape index (κ2) is 7.94. The normalized spacial score (nSPS) is 16.2. The maximum Gasteiger partial charge on any atom is 0.254 e. The molecule has 1 N–H and O–H groups in total. The first-order chi connectivity index (χ1) is 13.6. The van der Waals surface area contributed by atoms with Gasteiger partial charge in [-0.25, -0.2) is 15.0 Å². The Morgan fingerprint density at radius 1 is 1.14 bits per heavy atom. The highest BCUT2D eigenvalue weighted by Crippen LogP contribution is 2.32. The molecule has 6 nitrogen and oxygen atoms in total. The van der Waals surface area contributed by atoms with E-state index in [1.54, 1.807) is 36.7 Å². The number of hydrogen-bond acceptors (Lipinski definition) is 5. The van der Waals surface area contributed by atoms with Crippen molar-refractivity contribution in [3.63, 3.8) is 0 Å². The van der Waals surface area contributed by atoms with Crippen molar-refractivity contribution in [3.8, 4) is 0 Å². The third-order valence-corrected chi connectivity index (χ3v) is 5.03. The zero-order valence-corrected chi connectivity index (χ0v) is 16.2. The number of amides is 1. The van der Waals surface area contributed by atoms with Gasteiger partial charge in [0.05, 0.1) is 11.7 Å². The third-order valence-electron chi connectivity index (χ3n) is 4.77. The molecular weight excluding hydrogens is 374 g/mol. The summed E-state index contributed by atoms with van der Waals surface area (Å²) in [6, 6.07) is 12.7. The van der Waals surface area contributed by atoms with E-state index in [2.05, 4.69) is 20.3 Å². The minimum absolute atomic E-state index is 0.00695. The number of rotatable bonds is 4. The van der Waals surface area contributed by atoms with Gasteiger partial charge in [-0.1, -0.05) is 17.7 Å². The van der Waals surface area contributed by atoms with Gasteiger partial charge in [0.1, 0.15) is 5.82 Å². The fourth-order valence-electron chi connectivity index (χ4n) is 3.35. The number of benzene rings is 1. The van der Waals surface area contributed by atoms with E-state index in [0.717, 1.165) is 24.1 Å². The highest BCUT2D eigenvalue weighted by molar-refractivity contribution is 6.30. The summed E-state index contributed by atoms with van der Waals surface area (Å²) in [5.41, 5.74) is 2.54. The van der Waals surface area contributed by atoms with Crippen LogP contribution >= 0.6 is 11.6 Å². The number of aromatic nitrogens is 3. The number of carbonyl (C=O) groups is 1. The minimum atomic E-state index is -0.0716. The Morgan fingerprint density at radius 2 is 1.96 bits per heavy atom. The zero-order chi connectivity index (χ0) is 19.5. The number of anilines is 2. The van der Waals surface area contributed by atoms with E-state index in [1.807, 2.05) is 30.0 Å². The van der Waals surface area contributed by atoms with Gasteiger partial charge in [0.2, 0.25) is 5.95 Å². The smallest absolute Gasteiger partial charge is 0.254 e. The lowest BCUT2D eigenvalue weighted by Gasteiger charge is -2.24. The predicted octanol–water partition coefficient (Wildman–Crippen LogP) is 4.55. The van der Waals surface area contributed by atoms with Crippen molar-refractivity contribution >= 4 is 29.3 Å². The molecule has 1 fully saturated rings. The fraction of sp³-hybridized carbons (Fsp3) is 0.238. The van der Waals surface area contributed by atoms with Crippen molar-refractivity contribution in [3.05, 3.63) is 76.7 Å². The van der Waals surface area contributed by atoms with E-state index in [0.29, 0.717) is 28.9 Å². The first kappa shape index (κ1) is 18.4. The summed E-state index contributed by atoms with van der Waals surface area (Å²) in [7, 11) is 0. The standard InChI is InChI=1S/C21H20ClN5O/c1-14-4-9-19(24-13-14)26-21-23-11-10-17(25-21)18-3-2-12-27(18)20(28)15-5-7-16(22)8-6-15/h4-11,13,18H,2-3,12H2,1H3,(H,23,24,25,26)/t18-/m0/s1. The van der Waals surface area contributed by atoms with Crippen LogP contribution in [0.4, 0.5) is 11.8 Å². The second-order valence-electron chi connectivity index (χ2n) is 6.81. The molecule has 1 aromatic carbocycles. The summed E-state index contributed by atoms with van der Waals surface area (Å²) in [5, 5.41) is 3.74. The molecule has 1 atom stereocenters. The number of hydrogen-bond donors (Lipinski definition) is 1. The molecule has 0 saturated carbocycles. The molecule has 1 saturated heterocycles. The van der Waals surface area contributed by atoms with Gasteiger partial charge in [-0.3, -0.25) is 4.79 Å². The van der Waals surface area contributed by atoms with Gasteiger partial charge in [-0.15, -0.1) is 0 Å². The SMILES string of the molecule is Cc1ccc(Nc2nccc([C@@H]3CCCN3C(=O)c3ccc(Cl)cc3)n2)nc1. The summed E-state index contributed by atoms with van der Waals surface area (Å²) in [5.74, 6) is 1.15. The van der Waals surface area contributed by atoms with Crippen LogP contribution in [-0.2, 0) is 0 Å². The van der Waals surface area contributed by atoms with Gasteiger partial charge in [-0.05, 0) is 61.7 Å². The van der Waals surface area contributed by atoms with Crippen LogP contribution in [0.2, 0.25) is 5.02 Å². The molecule has 1 amide bonds. The lowest BCUT2D eigenvalue weighted by Crippen LogP contribution is -2.31. The molecule has 2 aromatic heterocycles. The van der Waals surface area contributed by atoms with E-state index in [4.69, 9.17) is 11.6 Å². The highest BCUT2D eigenvalue weighted by atomic mass is 35.5. The molecule has 0 bridgehead atoms. The number of nitrogens with one attached hydrogen (secondary N) is 1. The lowest BCUT2D eigenvalue weighted by molar-refractivity contribution is 0.0733. The topological polar surface area (TPSA) is 71.0 Å². The van der Waals surface area contributed by atoms with Crippen molar-refractivity contribution < 1.29 is 4.79 Å². The number of pyridine rings is 1. The lowest BCUT2D eigenvalue weighted by atomic mass is 10.1. The Balaban J connectivity index is 1.55. The quantitative estimate of drug-likeness (QED) is 0.703. The molecule has 7 heteroatoms. The molecule has 142 valence electrons. The number of halogens is 1. The van der Waals surface area contributed by atoms with E-state index < -0.39 is 0 Å². The Morgan fingerprint density at radius 3 is 2.71 bits per heavy atom. The largest absolute Gasteiger partial charge is 0.330 e. The summed E-state index contributed by atoms with van der Waals surface area (Å²) >= 11 is 5.94. The van der Waals surface area contributed by atoms with Gasteiger partial charge in [0, 0.05) is 29.5 Å². The van der Waals surface area contributed by atoms with Crippen molar-refractivity contribution in [2.45, 2.75) is 25.8 Å². The highest BCUT2D eigenvalue weighted by Gasteiger charge is 2.31. The molecule has 4 rings (SSSR count). The zero-order valence-electron chi connectivity index (χ0n) is 15.5. The van der Waals surface area contributed by atoms with Gasteiger partial charge in [0.15, 0.2) is 0 Å². The van der Waals surface area contributed by atoms with E-state index in [9.17, 15) is 4.79 Å². The van der Waals surface area contributed by atoms with E-state index in [1.165, 1.54) is 0 Å². The number of aryl methyl sites for hydroxylation is 1. The monoisotopic (exact) mass is 393 g/mol. The van der Waals surface area contributed by atoms with Crippen molar-refractivity contribution in [2.24, 2.45) is 0 Å². The number of nitrogens with zero attached hydrogens (tertiary/aromatic N) is 4. The van der Waals surface area contributed by atoms with Crippen molar-refractivity contribution in [1.82, 2.24) is 19.9 Å². The van der Waals surface area contributed by atoms with Crippen LogP contribution in [0.3, 0.4) is 0 Å². The summed E-state index contributed by atoms with van der Waals surface area (Å²) in [6.07, 6.45) is 5.31. The Labute approximate surface area is 168 Å².